The molecule has 1 aliphatic rings. The van der Waals surface area contributed by atoms with Crippen LogP contribution < -0.4 is 10.6 Å². The number of hydrogen-bond acceptors (Lipinski definition) is 3. The van der Waals surface area contributed by atoms with Gasteiger partial charge in [0.05, 0.1) is 6.26 Å². The molecule has 4 heteroatoms. The molecule has 1 saturated heterocycles. The van der Waals surface area contributed by atoms with Crippen LogP contribution in [0.15, 0.2) is 22.8 Å². The summed E-state index contributed by atoms with van der Waals surface area (Å²) in [4.78, 5) is 11.5. The monoisotopic (exact) mass is 208 g/mol. The lowest BCUT2D eigenvalue weighted by atomic mass is 10.2. The minimum absolute atomic E-state index is 0.111. The zero-order valence-corrected chi connectivity index (χ0v) is 8.66. The molecule has 0 aliphatic carbocycles. The molecule has 1 aromatic rings. The van der Waals surface area contributed by atoms with Gasteiger partial charge in [0, 0.05) is 25.4 Å². The molecule has 1 amide bonds. The maximum absolute atomic E-state index is 11.5. The Balaban J connectivity index is 1.68. The summed E-state index contributed by atoms with van der Waals surface area (Å²) in [5.74, 6) is 0.981. The molecule has 0 unspecified atom stereocenters. The molecule has 0 bridgehead atoms. The van der Waals surface area contributed by atoms with E-state index in [9.17, 15) is 4.79 Å². The zero-order chi connectivity index (χ0) is 10.5. The lowest BCUT2D eigenvalue weighted by Gasteiger charge is -2.10. The summed E-state index contributed by atoms with van der Waals surface area (Å²) in [5.41, 5.74) is 0. The van der Waals surface area contributed by atoms with Gasteiger partial charge in [0.2, 0.25) is 5.91 Å². The summed E-state index contributed by atoms with van der Waals surface area (Å²) in [5, 5.41) is 6.21. The quantitative estimate of drug-likeness (QED) is 0.765. The summed E-state index contributed by atoms with van der Waals surface area (Å²) in [6, 6.07) is 4.05. The summed E-state index contributed by atoms with van der Waals surface area (Å²) in [6.07, 6.45) is 3.85. The number of carbonyl (C=O) groups excluding carboxylic acids is 1. The summed E-state index contributed by atoms with van der Waals surface area (Å²) >= 11 is 0. The van der Waals surface area contributed by atoms with Crippen molar-refractivity contribution < 1.29 is 9.21 Å². The maximum atomic E-state index is 11.5. The molecule has 2 rings (SSSR count). The van der Waals surface area contributed by atoms with E-state index in [0.29, 0.717) is 18.9 Å². The fourth-order valence-corrected chi connectivity index (χ4v) is 1.77. The summed E-state index contributed by atoms with van der Waals surface area (Å²) in [7, 11) is 0. The van der Waals surface area contributed by atoms with Crippen LogP contribution in [0.3, 0.4) is 0 Å². The van der Waals surface area contributed by atoms with Gasteiger partial charge >= 0.3 is 0 Å². The van der Waals surface area contributed by atoms with Crippen molar-refractivity contribution in [2.24, 2.45) is 0 Å². The van der Waals surface area contributed by atoms with Gasteiger partial charge in [-0.15, -0.1) is 0 Å². The van der Waals surface area contributed by atoms with E-state index in [0.717, 1.165) is 25.3 Å². The van der Waals surface area contributed by atoms with E-state index in [4.69, 9.17) is 4.42 Å². The van der Waals surface area contributed by atoms with Gasteiger partial charge in [-0.1, -0.05) is 0 Å². The Morgan fingerprint density at radius 2 is 2.60 bits per heavy atom. The van der Waals surface area contributed by atoms with Gasteiger partial charge in [0.25, 0.3) is 0 Å². The first kappa shape index (κ1) is 10.2. The Bertz CT molecular complexity index is 302. The molecule has 0 saturated carbocycles. The molecule has 2 heterocycles. The standard InChI is InChI=1S/C11H16N2O2/c14-11(13-9-5-6-12-8-9)4-3-10-2-1-7-15-10/h1-2,7,9,12H,3-6,8H2,(H,13,14)/t9-/m1/s1. The highest BCUT2D eigenvalue weighted by atomic mass is 16.3. The molecule has 1 fully saturated rings. The number of hydrogen-bond donors (Lipinski definition) is 2. The third-order valence-corrected chi connectivity index (χ3v) is 2.60. The van der Waals surface area contributed by atoms with E-state index in [1.807, 2.05) is 12.1 Å². The molecule has 0 spiro atoms. The first-order valence-electron chi connectivity index (χ1n) is 5.37. The smallest absolute Gasteiger partial charge is 0.220 e. The van der Waals surface area contributed by atoms with Crippen LogP contribution in [0.2, 0.25) is 0 Å². The molecule has 4 nitrogen and oxygen atoms in total. The second-order valence-corrected chi connectivity index (χ2v) is 3.84. The molecular weight excluding hydrogens is 192 g/mol. The van der Waals surface area contributed by atoms with E-state index in [2.05, 4.69) is 10.6 Å². The lowest BCUT2D eigenvalue weighted by Crippen LogP contribution is -2.36. The van der Waals surface area contributed by atoms with Crippen LogP contribution in [0, 0.1) is 0 Å². The van der Waals surface area contributed by atoms with Gasteiger partial charge in [0.1, 0.15) is 5.76 Å². The topological polar surface area (TPSA) is 54.3 Å². The second kappa shape index (κ2) is 4.98. The van der Waals surface area contributed by atoms with Crippen molar-refractivity contribution in [3.05, 3.63) is 24.2 Å². The minimum Gasteiger partial charge on any atom is -0.469 e. The molecular formula is C11H16N2O2. The van der Waals surface area contributed by atoms with Crippen molar-refractivity contribution in [1.82, 2.24) is 10.6 Å². The molecule has 1 aliphatic heterocycles. The van der Waals surface area contributed by atoms with Crippen LogP contribution in [0.5, 0.6) is 0 Å². The normalized spacial score (nSPS) is 20.4. The average Bonchev–Trinajstić information content (AvgIpc) is 2.86. The number of nitrogens with one attached hydrogen (secondary N) is 2. The molecule has 15 heavy (non-hydrogen) atoms. The van der Waals surface area contributed by atoms with Crippen molar-refractivity contribution in [3.63, 3.8) is 0 Å². The van der Waals surface area contributed by atoms with E-state index >= 15 is 0 Å². The Hall–Kier alpha value is -1.29. The van der Waals surface area contributed by atoms with E-state index in [1.54, 1.807) is 6.26 Å². The van der Waals surface area contributed by atoms with E-state index in [1.165, 1.54) is 0 Å². The first-order chi connectivity index (χ1) is 7.34. The van der Waals surface area contributed by atoms with Gasteiger partial charge in [0.15, 0.2) is 0 Å². The Labute approximate surface area is 89.0 Å². The zero-order valence-electron chi connectivity index (χ0n) is 8.66. The van der Waals surface area contributed by atoms with Crippen LogP contribution >= 0.6 is 0 Å². The number of rotatable bonds is 4. The molecule has 1 aromatic heterocycles. The van der Waals surface area contributed by atoms with Gasteiger partial charge in [-0.2, -0.15) is 0 Å². The lowest BCUT2D eigenvalue weighted by molar-refractivity contribution is -0.121. The van der Waals surface area contributed by atoms with Gasteiger partial charge in [-0.3, -0.25) is 4.79 Å². The van der Waals surface area contributed by atoms with Crippen molar-refractivity contribution in [2.75, 3.05) is 13.1 Å². The highest BCUT2D eigenvalue weighted by Crippen LogP contribution is 2.04. The number of furan rings is 1. The molecule has 2 N–H and O–H groups in total. The van der Waals surface area contributed by atoms with Crippen LogP contribution in [-0.2, 0) is 11.2 Å². The highest BCUT2D eigenvalue weighted by molar-refractivity contribution is 5.76. The SMILES string of the molecule is O=C(CCc1ccco1)N[C@@H]1CCNC1. The fraction of sp³-hybridized carbons (Fsp3) is 0.545. The molecule has 1 atom stereocenters. The van der Waals surface area contributed by atoms with Crippen molar-refractivity contribution >= 4 is 5.91 Å². The van der Waals surface area contributed by atoms with Crippen molar-refractivity contribution in [2.45, 2.75) is 25.3 Å². The second-order valence-electron chi connectivity index (χ2n) is 3.84. The van der Waals surface area contributed by atoms with Gasteiger partial charge in [-0.05, 0) is 25.1 Å². The van der Waals surface area contributed by atoms with Gasteiger partial charge in [-0.25, -0.2) is 0 Å². The largest absolute Gasteiger partial charge is 0.469 e. The van der Waals surface area contributed by atoms with Gasteiger partial charge < -0.3 is 15.1 Å². The third-order valence-electron chi connectivity index (χ3n) is 2.60. The predicted molar refractivity (Wildman–Crippen MR) is 56.4 cm³/mol. The highest BCUT2D eigenvalue weighted by Gasteiger charge is 2.16. The van der Waals surface area contributed by atoms with Crippen molar-refractivity contribution in [1.29, 1.82) is 0 Å². The molecule has 0 aromatic carbocycles. The molecule has 0 radical (unpaired) electrons. The number of amides is 1. The maximum Gasteiger partial charge on any atom is 0.220 e. The Morgan fingerprint density at radius 3 is 3.27 bits per heavy atom. The summed E-state index contributed by atoms with van der Waals surface area (Å²) < 4.78 is 5.16. The number of carbonyl (C=O) groups is 1. The fourth-order valence-electron chi connectivity index (χ4n) is 1.77. The van der Waals surface area contributed by atoms with Crippen LogP contribution in [-0.4, -0.2) is 25.0 Å². The molecule has 82 valence electrons. The third kappa shape index (κ3) is 3.09. The Morgan fingerprint density at radius 1 is 1.67 bits per heavy atom. The Kier molecular flexibility index (Phi) is 3.40. The van der Waals surface area contributed by atoms with Crippen LogP contribution in [0.4, 0.5) is 0 Å². The van der Waals surface area contributed by atoms with E-state index in [-0.39, 0.29) is 5.91 Å². The first-order valence-corrected chi connectivity index (χ1v) is 5.37. The minimum atomic E-state index is 0.111. The average molecular weight is 208 g/mol. The van der Waals surface area contributed by atoms with Crippen molar-refractivity contribution in [3.8, 4) is 0 Å². The summed E-state index contributed by atoms with van der Waals surface area (Å²) in [6.45, 7) is 1.90. The number of aryl methyl sites for hydroxylation is 1. The van der Waals surface area contributed by atoms with E-state index < -0.39 is 0 Å². The van der Waals surface area contributed by atoms with Crippen LogP contribution in [0.1, 0.15) is 18.6 Å². The van der Waals surface area contributed by atoms with Crippen LogP contribution in [0.25, 0.3) is 0 Å². The predicted octanol–water partition coefficient (Wildman–Crippen LogP) is 0.690.